The van der Waals surface area contributed by atoms with Gasteiger partial charge in [-0.15, -0.1) is 0 Å². The van der Waals surface area contributed by atoms with Crippen LogP contribution < -0.4 is 16.0 Å². The average Bonchev–Trinajstić information content (AvgIpc) is 3.09. The third-order valence-electron chi connectivity index (χ3n) is 3.09. The standard InChI is InChI=1S/C13H19N3O3/c17-12(16-9-10-3-1-6-14-10)5-7-15-13(18)11-4-2-8-19-11/h2,4,8,10,14H,1,3,5-7,9H2,(H,15,18)(H,16,17). The first-order valence-electron chi connectivity index (χ1n) is 6.57. The zero-order valence-corrected chi connectivity index (χ0v) is 10.8. The molecule has 2 rings (SSSR count). The second-order valence-electron chi connectivity index (χ2n) is 4.58. The van der Waals surface area contributed by atoms with Gasteiger partial charge in [0.25, 0.3) is 5.91 Å². The van der Waals surface area contributed by atoms with Crippen LogP contribution in [0.4, 0.5) is 0 Å². The van der Waals surface area contributed by atoms with Crippen LogP contribution in [-0.4, -0.2) is 37.5 Å². The average molecular weight is 265 g/mol. The van der Waals surface area contributed by atoms with Gasteiger partial charge in [-0.3, -0.25) is 9.59 Å². The quantitative estimate of drug-likeness (QED) is 0.689. The summed E-state index contributed by atoms with van der Waals surface area (Å²) in [6.07, 6.45) is 3.99. The van der Waals surface area contributed by atoms with E-state index in [1.165, 1.54) is 12.7 Å². The van der Waals surface area contributed by atoms with Crippen LogP contribution >= 0.6 is 0 Å². The van der Waals surface area contributed by atoms with Crippen molar-refractivity contribution < 1.29 is 14.0 Å². The van der Waals surface area contributed by atoms with E-state index in [9.17, 15) is 9.59 Å². The largest absolute Gasteiger partial charge is 0.459 e. The van der Waals surface area contributed by atoms with Crippen LogP contribution in [0.5, 0.6) is 0 Å². The topological polar surface area (TPSA) is 83.4 Å². The van der Waals surface area contributed by atoms with Crippen molar-refractivity contribution in [1.29, 1.82) is 0 Å². The molecule has 2 heterocycles. The molecule has 6 heteroatoms. The monoisotopic (exact) mass is 265 g/mol. The van der Waals surface area contributed by atoms with Gasteiger partial charge in [0, 0.05) is 25.6 Å². The van der Waals surface area contributed by atoms with Crippen molar-refractivity contribution in [3.63, 3.8) is 0 Å². The fraction of sp³-hybridized carbons (Fsp3) is 0.538. The van der Waals surface area contributed by atoms with E-state index >= 15 is 0 Å². The van der Waals surface area contributed by atoms with Gasteiger partial charge in [-0.05, 0) is 31.5 Å². The minimum absolute atomic E-state index is 0.0477. The minimum Gasteiger partial charge on any atom is -0.459 e. The maximum absolute atomic E-state index is 11.6. The number of hydrogen-bond acceptors (Lipinski definition) is 4. The highest BCUT2D eigenvalue weighted by Gasteiger charge is 2.14. The molecule has 3 N–H and O–H groups in total. The maximum Gasteiger partial charge on any atom is 0.286 e. The summed E-state index contributed by atoms with van der Waals surface area (Å²) in [6, 6.07) is 3.62. The zero-order valence-electron chi connectivity index (χ0n) is 10.8. The molecule has 1 aromatic rings. The molecule has 104 valence electrons. The molecule has 0 radical (unpaired) electrons. The summed E-state index contributed by atoms with van der Waals surface area (Å²) in [7, 11) is 0. The first-order valence-corrected chi connectivity index (χ1v) is 6.57. The molecule has 0 bridgehead atoms. The van der Waals surface area contributed by atoms with Crippen LogP contribution in [0, 0.1) is 0 Å². The van der Waals surface area contributed by atoms with E-state index in [0.717, 1.165) is 13.0 Å². The Hall–Kier alpha value is -1.82. The summed E-state index contributed by atoms with van der Waals surface area (Å²) in [5.74, 6) is -0.0840. The third kappa shape index (κ3) is 4.40. The normalized spacial score (nSPS) is 18.2. The smallest absolute Gasteiger partial charge is 0.286 e. The molecule has 1 aliphatic rings. The van der Waals surface area contributed by atoms with E-state index < -0.39 is 0 Å². The van der Waals surface area contributed by atoms with Gasteiger partial charge in [0.15, 0.2) is 5.76 Å². The number of carbonyl (C=O) groups excluding carboxylic acids is 2. The fourth-order valence-corrected chi connectivity index (χ4v) is 2.04. The first kappa shape index (κ1) is 13.6. The molecule has 2 amide bonds. The number of hydrogen-bond donors (Lipinski definition) is 3. The Balaban J connectivity index is 1.57. The maximum atomic E-state index is 11.6. The van der Waals surface area contributed by atoms with E-state index in [0.29, 0.717) is 19.1 Å². The van der Waals surface area contributed by atoms with Gasteiger partial charge in [0.1, 0.15) is 0 Å². The predicted octanol–water partition coefficient (Wildman–Crippen LogP) is 0.268. The summed E-state index contributed by atoms with van der Waals surface area (Å²) in [5.41, 5.74) is 0. The SMILES string of the molecule is O=C(CCNC(=O)c1ccco1)NCC1CCCN1. The fourth-order valence-electron chi connectivity index (χ4n) is 2.04. The number of carbonyl (C=O) groups is 2. The molecule has 19 heavy (non-hydrogen) atoms. The molecule has 1 aliphatic heterocycles. The molecule has 0 saturated carbocycles. The van der Waals surface area contributed by atoms with E-state index in [-0.39, 0.29) is 24.0 Å². The van der Waals surface area contributed by atoms with Crippen molar-refractivity contribution in [1.82, 2.24) is 16.0 Å². The molecule has 1 unspecified atom stereocenters. The number of furan rings is 1. The van der Waals surface area contributed by atoms with Crippen LogP contribution in [0.1, 0.15) is 29.8 Å². The molecule has 6 nitrogen and oxygen atoms in total. The lowest BCUT2D eigenvalue weighted by atomic mass is 10.2. The molecular weight excluding hydrogens is 246 g/mol. The van der Waals surface area contributed by atoms with Crippen molar-refractivity contribution in [3.05, 3.63) is 24.2 Å². The molecule has 0 aromatic carbocycles. The Morgan fingerprint density at radius 2 is 2.32 bits per heavy atom. The van der Waals surface area contributed by atoms with Crippen LogP contribution in [0.15, 0.2) is 22.8 Å². The highest BCUT2D eigenvalue weighted by molar-refractivity contribution is 5.91. The Bertz CT molecular complexity index is 411. The Morgan fingerprint density at radius 1 is 1.42 bits per heavy atom. The third-order valence-corrected chi connectivity index (χ3v) is 3.09. The lowest BCUT2D eigenvalue weighted by Gasteiger charge is -2.11. The number of nitrogens with one attached hydrogen (secondary N) is 3. The van der Waals surface area contributed by atoms with Gasteiger partial charge in [-0.1, -0.05) is 0 Å². The van der Waals surface area contributed by atoms with Crippen molar-refractivity contribution in [2.75, 3.05) is 19.6 Å². The predicted molar refractivity (Wildman–Crippen MR) is 69.7 cm³/mol. The summed E-state index contributed by atoms with van der Waals surface area (Å²) in [6.45, 7) is 1.99. The first-order chi connectivity index (χ1) is 9.25. The summed E-state index contributed by atoms with van der Waals surface area (Å²) in [4.78, 5) is 23.1. The van der Waals surface area contributed by atoms with Crippen molar-refractivity contribution in [3.8, 4) is 0 Å². The summed E-state index contributed by atoms with van der Waals surface area (Å²) in [5, 5.41) is 8.80. The minimum atomic E-state index is -0.296. The molecule has 0 aliphatic carbocycles. The van der Waals surface area contributed by atoms with Gasteiger partial charge in [-0.25, -0.2) is 0 Å². The number of rotatable bonds is 6. The van der Waals surface area contributed by atoms with Crippen LogP contribution in [0.3, 0.4) is 0 Å². The zero-order chi connectivity index (χ0) is 13.5. The molecular formula is C13H19N3O3. The highest BCUT2D eigenvalue weighted by Crippen LogP contribution is 2.03. The number of amides is 2. The lowest BCUT2D eigenvalue weighted by Crippen LogP contribution is -2.38. The van der Waals surface area contributed by atoms with Crippen LogP contribution in [0.2, 0.25) is 0 Å². The second-order valence-corrected chi connectivity index (χ2v) is 4.58. The van der Waals surface area contributed by atoms with Gasteiger partial charge >= 0.3 is 0 Å². The Labute approximate surface area is 111 Å². The van der Waals surface area contributed by atoms with Gasteiger partial charge in [0.05, 0.1) is 6.26 Å². The van der Waals surface area contributed by atoms with Gasteiger partial charge in [-0.2, -0.15) is 0 Å². The van der Waals surface area contributed by atoms with E-state index in [4.69, 9.17) is 4.42 Å². The Morgan fingerprint density at radius 3 is 3.00 bits per heavy atom. The van der Waals surface area contributed by atoms with E-state index in [1.807, 2.05) is 0 Å². The van der Waals surface area contributed by atoms with Crippen molar-refractivity contribution in [2.24, 2.45) is 0 Å². The molecule has 1 fully saturated rings. The second kappa shape index (κ2) is 6.94. The molecule has 1 saturated heterocycles. The van der Waals surface area contributed by atoms with E-state index in [1.54, 1.807) is 12.1 Å². The van der Waals surface area contributed by atoms with Crippen molar-refractivity contribution >= 4 is 11.8 Å². The molecule has 0 spiro atoms. The highest BCUT2D eigenvalue weighted by atomic mass is 16.3. The molecule has 1 atom stereocenters. The van der Waals surface area contributed by atoms with Crippen LogP contribution in [0.25, 0.3) is 0 Å². The van der Waals surface area contributed by atoms with Gasteiger partial charge in [0.2, 0.25) is 5.91 Å². The summed E-state index contributed by atoms with van der Waals surface area (Å²) < 4.78 is 4.95. The molecule has 1 aromatic heterocycles. The van der Waals surface area contributed by atoms with Crippen molar-refractivity contribution in [2.45, 2.75) is 25.3 Å². The Kier molecular flexibility index (Phi) is 4.97. The summed E-state index contributed by atoms with van der Waals surface area (Å²) >= 11 is 0. The van der Waals surface area contributed by atoms with Gasteiger partial charge < -0.3 is 20.4 Å². The lowest BCUT2D eigenvalue weighted by molar-refractivity contribution is -0.121. The van der Waals surface area contributed by atoms with Crippen LogP contribution in [-0.2, 0) is 4.79 Å². The van der Waals surface area contributed by atoms with E-state index in [2.05, 4.69) is 16.0 Å².